The Morgan fingerprint density at radius 2 is 1.94 bits per heavy atom. The number of benzene rings is 2. The van der Waals surface area contributed by atoms with Crippen molar-refractivity contribution in [2.75, 3.05) is 27.9 Å². The predicted octanol–water partition coefficient (Wildman–Crippen LogP) is 6.49. The highest BCUT2D eigenvalue weighted by atomic mass is 16.5. The fraction of sp³-hybridized carbons (Fsp3) is 0.519. The van der Waals surface area contributed by atoms with Gasteiger partial charge >= 0.3 is 0 Å². The van der Waals surface area contributed by atoms with Crippen LogP contribution < -0.4 is 9.47 Å². The van der Waals surface area contributed by atoms with Crippen molar-refractivity contribution in [2.24, 2.45) is 5.92 Å². The highest BCUT2D eigenvalue weighted by molar-refractivity contribution is 5.52. The summed E-state index contributed by atoms with van der Waals surface area (Å²) in [5, 5.41) is 0. The second kappa shape index (κ2) is 11.5. The topological polar surface area (TPSA) is 36.9 Å². The average Bonchev–Trinajstić information content (AvgIpc) is 3.07. The van der Waals surface area contributed by atoms with Crippen LogP contribution >= 0.6 is 0 Å². The summed E-state index contributed by atoms with van der Waals surface area (Å²) in [6, 6.07) is 15.4. The minimum Gasteiger partial charge on any atom is -0.496 e. The molecule has 2 aromatic carbocycles. The van der Waals surface area contributed by atoms with E-state index in [2.05, 4.69) is 38.1 Å². The van der Waals surface area contributed by atoms with Crippen molar-refractivity contribution < 1.29 is 18.9 Å². The van der Waals surface area contributed by atoms with Gasteiger partial charge in [0.05, 0.1) is 25.9 Å². The van der Waals surface area contributed by atoms with E-state index in [1.54, 1.807) is 21.3 Å². The number of hydrogen-bond acceptors (Lipinski definition) is 4. The number of rotatable bonds is 12. The largest absolute Gasteiger partial charge is 0.496 e. The molecule has 0 aliphatic heterocycles. The minimum absolute atomic E-state index is 0.0262. The van der Waals surface area contributed by atoms with Gasteiger partial charge in [0.15, 0.2) is 0 Å². The van der Waals surface area contributed by atoms with Gasteiger partial charge in [-0.3, -0.25) is 0 Å². The molecule has 4 rings (SSSR count). The molecule has 4 nitrogen and oxygen atoms in total. The Hall–Kier alpha value is -2.04. The number of fused-ring (bicyclic) bond motifs is 4. The van der Waals surface area contributed by atoms with Crippen LogP contribution in [0.15, 0.2) is 36.4 Å². The van der Waals surface area contributed by atoms with E-state index < -0.39 is 0 Å². The van der Waals surface area contributed by atoms with Gasteiger partial charge in [-0.2, -0.15) is 0 Å². The van der Waals surface area contributed by atoms with Gasteiger partial charge in [-0.15, -0.1) is 0 Å². The van der Waals surface area contributed by atoms with Crippen LogP contribution in [-0.4, -0.2) is 27.9 Å². The fourth-order valence-corrected chi connectivity index (χ4v) is 4.35. The molecule has 0 heterocycles. The second-order valence-electron chi connectivity index (χ2n) is 8.24. The monoisotopic (exact) mass is 424 g/mol. The third-order valence-corrected chi connectivity index (χ3v) is 6.31. The summed E-state index contributed by atoms with van der Waals surface area (Å²) in [7, 11) is 5.17. The van der Waals surface area contributed by atoms with Gasteiger partial charge in [-0.1, -0.05) is 57.4 Å². The Balaban J connectivity index is 1.91. The molecule has 0 amide bonds. The normalized spacial score (nSPS) is 17.9. The van der Waals surface area contributed by atoms with Crippen LogP contribution in [0.3, 0.4) is 0 Å². The van der Waals surface area contributed by atoms with Gasteiger partial charge < -0.3 is 18.9 Å². The zero-order chi connectivity index (χ0) is 22.2. The molecular formula is C27H36O4. The van der Waals surface area contributed by atoms with Crippen molar-refractivity contribution >= 4 is 0 Å². The molecule has 0 saturated heterocycles. The minimum atomic E-state index is -0.215. The van der Waals surface area contributed by atoms with E-state index >= 15 is 0 Å². The van der Waals surface area contributed by atoms with E-state index in [0.29, 0.717) is 11.7 Å². The predicted molar refractivity (Wildman–Crippen MR) is 124 cm³/mol. The maximum absolute atomic E-state index is 6.43. The lowest BCUT2D eigenvalue weighted by Gasteiger charge is -2.28. The zero-order valence-electron chi connectivity index (χ0n) is 19.6. The van der Waals surface area contributed by atoms with Crippen molar-refractivity contribution in [1.82, 2.24) is 0 Å². The first-order valence-corrected chi connectivity index (χ1v) is 11.4. The Bertz CT molecular complexity index is 819. The van der Waals surface area contributed by atoms with E-state index in [1.807, 2.05) is 18.2 Å². The van der Waals surface area contributed by atoms with Crippen LogP contribution in [0.4, 0.5) is 0 Å². The van der Waals surface area contributed by atoms with E-state index in [0.717, 1.165) is 41.9 Å². The van der Waals surface area contributed by atoms with Crippen LogP contribution in [0.5, 0.6) is 11.5 Å². The molecule has 2 aromatic rings. The summed E-state index contributed by atoms with van der Waals surface area (Å²) in [6.07, 6.45) is 5.32. The van der Waals surface area contributed by atoms with Crippen molar-refractivity contribution in [1.29, 1.82) is 0 Å². The van der Waals surface area contributed by atoms with E-state index in [9.17, 15) is 0 Å². The molecule has 0 spiro atoms. The first-order valence-electron chi connectivity index (χ1n) is 11.4. The maximum Gasteiger partial charge on any atom is 0.127 e. The van der Waals surface area contributed by atoms with Gasteiger partial charge in [0.25, 0.3) is 0 Å². The lowest BCUT2D eigenvalue weighted by atomic mass is 9.86. The molecule has 0 saturated carbocycles. The number of hydrogen-bond donors (Lipinski definition) is 0. The smallest absolute Gasteiger partial charge is 0.127 e. The first-order chi connectivity index (χ1) is 15.1. The van der Waals surface area contributed by atoms with Crippen LogP contribution in [0.1, 0.15) is 74.8 Å². The molecule has 168 valence electrons. The van der Waals surface area contributed by atoms with Gasteiger partial charge in [-0.25, -0.2) is 0 Å². The van der Waals surface area contributed by atoms with Crippen LogP contribution in [0.25, 0.3) is 0 Å². The van der Waals surface area contributed by atoms with E-state index in [4.69, 9.17) is 18.9 Å². The standard InChI is InChI=1S/C27H36O4/c1-6-8-10-19(7-2)18-31-26-16-20-13-14-23(26)24(17-25(20)29-4)27(30-5)21-11-9-12-22(15-21)28-3/h9,11,13-16,19,25,27H,6-8,10,17-18H2,1-5H3. The molecule has 0 fully saturated rings. The molecule has 2 bridgehead atoms. The lowest BCUT2D eigenvalue weighted by Crippen LogP contribution is -2.18. The summed E-state index contributed by atoms with van der Waals surface area (Å²) in [6.45, 7) is 5.23. The summed E-state index contributed by atoms with van der Waals surface area (Å²) < 4.78 is 23.7. The van der Waals surface area contributed by atoms with Crippen molar-refractivity contribution in [3.63, 3.8) is 0 Å². The molecule has 3 unspecified atom stereocenters. The second-order valence-corrected chi connectivity index (χ2v) is 8.24. The molecule has 2 radical (unpaired) electrons. The summed E-state index contributed by atoms with van der Waals surface area (Å²) >= 11 is 0. The highest BCUT2D eigenvalue weighted by Crippen LogP contribution is 2.47. The Morgan fingerprint density at radius 1 is 1.10 bits per heavy atom. The van der Waals surface area contributed by atoms with E-state index in [1.165, 1.54) is 25.2 Å². The Kier molecular flexibility index (Phi) is 8.79. The van der Waals surface area contributed by atoms with Gasteiger partial charge in [0, 0.05) is 31.8 Å². The van der Waals surface area contributed by atoms with Crippen molar-refractivity contribution in [2.45, 2.75) is 58.2 Å². The summed E-state index contributed by atoms with van der Waals surface area (Å²) in [5.41, 5.74) is 3.28. The zero-order valence-corrected chi connectivity index (χ0v) is 19.6. The van der Waals surface area contributed by atoms with Crippen molar-refractivity contribution in [3.05, 3.63) is 65.1 Å². The maximum atomic E-state index is 6.43. The van der Waals surface area contributed by atoms with Gasteiger partial charge in [0.2, 0.25) is 0 Å². The quantitative estimate of drug-likeness (QED) is 0.390. The molecule has 2 aliphatic carbocycles. The molecule has 4 heteroatoms. The lowest BCUT2D eigenvalue weighted by molar-refractivity contribution is 0.0729. The van der Waals surface area contributed by atoms with Gasteiger partial charge in [0.1, 0.15) is 11.5 Å². The third-order valence-electron chi connectivity index (χ3n) is 6.31. The highest BCUT2D eigenvalue weighted by Gasteiger charge is 2.35. The average molecular weight is 425 g/mol. The van der Waals surface area contributed by atoms with Gasteiger partial charge in [-0.05, 0) is 42.0 Å². The molecule has 0 N–H and O–H groups in total. The molecule has 31 heavy (non-hydrogen) atoms. The van der Waals surface area contributed by atoms with Crippen LogP contribution in [0.2, 0.25) is 0 Å². The van der Waals surface area contributed by atoms with Crippen molar-refractivity contribution in [3.8, 4) is 11.5 Å². The molecule has 3 atom stereocenters. The van der Waals surface area contributed by atoms with Crippen LogP contribution in [0, 0.1) is 17.9 Å². The summed E-state index contributed by atoms with van der Waals surface area (Å²) in [5.74, 6) is 3.37. The third kappa shape index (κ3) is 5.61. The van der Waals surface area contributed by atoms with E-state index in [-0.39, 0.29) is 12.2 Å². The Morgan fingerprint density at radius 3 is 2.61 bits per heavy atom. The number of ether oxygens (including phenoxy) is 4. The molecular weight excluding hydrogens is 388 g/mol. The summed E-state index contributed by atoms with van der Waals surface area (Å²) in [4.78, 5) is 0. The Labute approximate surface area is 187 Å². The first kappa shape index (κ1) is 23.6. The SMILES string of the molecule is CCCCC(CC)COc1cc2ccc1[C](C(OC)c1cc[c]c(OC)c1)CC2OC. The fourth-order valence-electron chi connectivity index (χ4n) is 4.35. The number of unbranched alkanes of at least 4 members (excludes halogenated alkanes) is 1. The number of methoxy groups -OCH3 is 3. The van der Waals surface area contributed by atoms with Crippen LogP contribution in [-0.2, 0) is 9.47 Å². The molecule has 2 aliphatic rings. The molecule has 0 aromatic heterocycles.